The maximum atomic E-state index is 10.5. The summed E-state index contributed by atoms with van der Waals surface area (Å²) in [4.78, 5) is 0. The van der Waals surface area contributed by atoms with Crippen LogP contribution in [0.1, 0.15) is 46.0 Å². The Bertz CT molecular complexity index is 198. The molecule has 1 unspecified atom stereocenters. The smallest absolute Gasteiger partial charge is 0.0771 e. The highest BCUT2D eigenvalue weighted by atomic mass is 16.5. The van der Waals surface area contributed by atoms with Crippen molar-refractivity contribution in [3.05, 3.63) is 0 Å². The Morgan fingerprint density at radius 2 is 1.94 bits per heavy atom. The van der Waals surface area contributed by atoms with Crippen molar-refractivity contribution in [1.29, 1.82) is 0 Å². The average Bonchev–Trinajstić information content (AvgIpc) is 2.35. The molecule has 17 heavy (non-hydrogen) atoms. The van der Waals surface area contributed by atoms with Gasteiger partial charge in [0.2, 0.25) is 0 Å². The summed E-state index contributed by atoms with van der Waals surface area (Å²) < 4.78 is 4.99. The molecule has 0 aromatic rings. The fourth-order valence-electron chi connectivity index (χ4n) is 2.85. The molecule has 1 atom stereocenters. The summed E-state index contributed by atoms with van der Waals surface area (Å²) >= 11 is 0. The number of ether oxygens (including phenoxy) is 1. The van der Waals surface area contributed by atoms with Crippen molar-refractivity contribution in [3.8, 4) is 0 Å². The molecule has 0 spiro atoms. The van der Waals surface area contributed by atoms with E-state index in [0.29, 0.717) is 19.1 Å². The first kappa shape index (κ1) is 14.9. The predicted octanol–water partition coefficient (Wildman–Crippen LogP) is 2.19. The quantitative estimate of drug-likeness (QED) is 0.674. The molecule has 102 valence electrons. The molecule has 1 fully saturated rings. The molecular weight excluding hydrogens is 214 g/mol. The Morgan fingerprint density at radius 3 is 2.47 bits per heavy atom. The lowest BCUT2D eigenvalue weighted by atomic mass is 9.73. The predicted molar refractivity (Wildman–Crippen MR) is 71.1 cm³/mol. The minimum atomic E-state index is -0.563. The van der Waals surface area contributed by atoms with Gasteiger partial charge in [0.05, 0.1) is 12.2 Å². The number of nitrogens with one attached hydrogen (secondary N) is 1. The summed E-state index contributed by atoms with van der Waals surface area (Å²) in [7, 11) is 1.70. The maximum Gasteiger partial charge on any atom is 0.0771 e. The third kappa shape index (κ3) is 4.94. The van der Waals surface area contributed by atoms with Crippen LogP contribution in [0.15, 0.2) is 0 Å². The van der Waals surface area contributed by atoms with Crippen molar-refractivity contribution in [2.75, 3.05) is 26.8 Å². The van der Waals surface area contributed by atoms with E-state index in [9.17, 15) is 5.11 Å². The van der Waals surface area contributed by atoms with Gasteiger partial charge in [-0.2, -0.15) is 0 Å². The van der Waals surface area contributed by atoms with Crippen LogP contribution >= 0.6 is 0 Å². The van der Waals surface area contributed by atoms with Crippen molar-refractivity contribution in [2.24, 2.45) is 11.8 Å². The van der Waals surface area contributed by atoms with Gasteiger partial charge in [-0.05, 0) is 31.6 Å². The van der Waals surface area contributed by atoms with Crippen LogP contribution in [0, 0.1) is 11.8 Å². The molecule has 0 heterocycles. The second-order valence-electron chi connectivity index (χ2n) is 5.65. The Balaban J connectivity index is 2.27. The molecule has 0 bridgehead atoms. The monoisotopic (exact) mass is 243 g/mol. The number of hydrogen-bond donors (Lipinski definition) is 2. The average molecular weight is 243 g/mol. The van der Waals surface area contributed by atoms with Gasteiger partial charge in [0.1, 0.15) is 0 Å². The van der Waals surface area contributed by atoms with Crippen LogP contribution in [0.4, 0.5) is 0 Å². The zero-order chi connectivity index (χ0) is 12.7. The fraction of sp³-hybridized carbons (Fsp3) is 1.00. The summed E-state index contributed by atoms with van der Waals surface area (Å²) in [5.41, 5.74) is -0.563. The first-order chi connectivity index (χ1) is 8.10. The normalized spacial score (nSPS) is 28.9. The van der Waals surface area contributed by atoms with Crippen LogP contribution in [-0.4, -0.2) is 37.5 Å². The molecule has 0 aromatic heterocycles. The lowest BCUT2D eigenvalue weighted by molar-refractivity contribution is -0.0219. The summed E-state index contributed by atoms with van der Waals surface area (Å²) in [6.45, 7) is 6.45. The van der Waals surface area contributed by atoms with Crippen molar-refractivity contribution >= 4 is 0 Å². The van der Waals surface area contributed by atoms with Crippen molar-refractivity contribution in [2.45, 2.75) is 51.6 Å². The topological polar surface area (TPSA) is 41.5 Å². The zero-order valence-corrected chi connectivity index (χ0v) is 11.7. The largest absolute Gasteiger partial charge is 0.389 e. The van der Waals surface area contributed by atoms with E-state index in [4.69, 9.17) is 4.74 Å². The second kappa shape index (κ2) is 7.34. The highest BCUT2D eigenvalue weighted by Crippen LogP contribution is 2.36. The Labute approximate surface area is 106 Å². The van der Waals surface area contributed by atoms with Gasteiger partial charge in [-0.25, -0.2) is 0 Å². The van der Waals surface area contributed by atoms with E-state index >= 15 is 0 Å². The first-order valence-electron chi connectivity index (χ1n) is 7.02. The van der Waals surface area contributed by atoms with Crippen molar-refractivity contribution < 1.29 is 9.84 Å². The third-order valence-corrected chi connectivity index (χ3v) is 4.27. The van der Waals surface area contributed by atoms with Crippen LogP contribution in [-0.2, 0) is 4.74 Å². The highest BCUT2D eigenvalue weighted by Gasteiger charge is 2.34. The van der Waals surface area contributed by atoms with Crippen LogP contribution in [0.2, 0.25) is 0 Å². The van der Waals surface area contributed by atoms with Crippen molar-refractivity contribution in [1.82, 2.24) is 5.32 Å². The molecule has 3 heteroatoms. The van der Waals surface area contributed by atoms with E-state index in [1.54, 1.807) is 7.11 Å². The fourth-order valence-corrected chi connectivity index (χ4v) is 2.85. The molecule has 0 aromatic carbocycles. The van der Waals surface area contributed by atoms with Gasteiger partial charge < -0.3 is 15.2 Å². The van der Waals surface area contributed by atoms with Gasteiger partial charge in [0, 0.05) is 20.2 Å². The lowest BCUT2D eigenvalue weighted by Crippen LogP contribution is -2.46. The number of aliphatic hydroxyl groups is 1. The Hall–Kier alpha value is -0.120. The maximum absolute atomic E-state index is 10.5. The molecule has 1 aliphatic rings. The van der Waals surface area contributed by atoms with Crippen LogP contribution < -0.4 is 5.32 Å². The number of rotatable bonds is 7. The van der Waals surface area contributed by atoms with Gasteiger partial charge in [-0.15, -0.1) is 0 Å². The summed E-state index contributed by atoms with van der Waals surface area (Å²) in [5, 5.41) is 13.8. The van der Waals surface area contributed by atoms with E-state index in [0.717, 1.165) is 12.5 Å². The zero-order valence-electron chi connectivity index (χ0n) is 11.7. The number of methoxy groups -OCH3 is 1. The minimum Gasteiger partial charge on any atom is -0.389 e. The molecule has 3 nitrogen and oxygen atoms in total. The molecule has 1 rings (SSSR count). The van der Waals surface area contributed by atoms with Gasteiger partial charge in [-0.3, -0.25) is 0 Å². The van der Waals surface area contributed by atoms with Crippen LogP contribution in [0.3, 0.4) is 0 Å². The SMILES string of the molecule is CCC1CCC(C(C)(O)CNCCOC)CC1. The van der Waals surface area contributed by atoms with Gasteiger partial charge in [-0.1, -0.05) is 26.2 Å². The van der Waals surface area contributed by atoms with Gasteiger partial charge >= 0.3 is 0 Å². The van der Waals surface area contributed by atoms with Gasteiger partial charge in [0.15, 0.2) is 0 Å². The molecule has 1 saturated carbocycles. The van der Waals surface area contributed by atoms with Crippen LogP contribution in [0.5, 0.6) is 0 Å². The van der Waals surface area contributed by atoms with Crippen molar-refractivity contribution in [3.63, 3.8) is 0 Å². The lowest BCUT2D eigenvalue weighted by Gasteiger charge is -2.38. The summed E-state index contributed by atoms with van der Waals surface area (Å²) in [6.07, 6.45) is 6.22. The molecule has 2 N–H and O–H groups in total. The third-order valence-electron chi connectivity index (χ3n) is 4.27. The van der Waals surface area contributed by atoms with E-state index in [1.807, 2.05) is 6.92 Å². The second-order valence-corrected chi connectivity index (χ2v) is 5.65. The van der Waals surface area contributed by atoms with E-state index < -0.39 is 5.60 Å². The molecular formula is C14H29NO2. The summed E-state index contributed by atoms with van der Waals surface area (Å²) in [5.74, 6) is 1.35. The van der Waals surface area contributed by atoms with Crippen LogP contribution in [0.25, 0.3) is 0 Å². The molecule has 0 amide bonds. The highest BCUT2D eigenvalue weighted by molar-refractivity contribution is 4.87. The first-order valence-corrected chi connectivity index (χ1v) is 7.02. The molecule has 0 radical (unpaired) electrons. The minimum absolute atomic E-state index is 0.459. The Kier molecular flexibility index (Phi) is 6.45. The van der Waals surface area contributed by atoms with E-state index in [2.05, 4.69) is 12.2 Å². The van der Waals surface area contributed by atoms with E-state index in [-0.39, 0.29) is 0 Å². The van der Waals surface area contributed by atoms with E-state index in [1.165, 1.54) is 32.1 Å². The number of hydrogen-bond acceptors (Lipinski definition) is 3. The van der Waals surface area contributed by atoms with Gasteiger partial charge in [0.25, 0.3) is 0 Å². The molecule has 0 aliphatic heterocycles. The summed E-state index contributed by atoms with van der Waals surface area (Å²) in [6, 6.07) is 0. The molecule has 0 saturated heterocycles. The Morgan fingerprint density at radius 1 is 1.29 bits per heavy atom. The molecule has 1 aliphatic carbocycles. The standard InChI is InChI=1S/C14H29NO2/c1-4-12-5-7-13(8-6-12)14(2,16)11-15-9-10-17-3/h12-13,15-16H,4-11H2,1-3H3.